The number of rotatable bonds is 8. The number of nitriles is 1. The van der Waals surface area contributed by atoms with Crippen molar-refractivity contribution in [3.05, 3.63) is 53.7 Å². The van der Waals surface area contributed by atoms with Crippen molar-refractivity contribution in [2.75, 3.05) is 44.4 Å². The first kappa shape index (κ1) is 23.8. The number of amides is 1. The topological polar surface area (TPSA) is 104 Å². The molecule has 3 aromatic rings. The van der Waals surface area contributed by atoms with Crippen LogP contribution in [0.4, 0.5) is 5.82 Å². The number of unbranched alkanes of at least 4 members (excludes halogenated alkanes) is 1. The van der Waals surface area contributed by atoms with Crippen LogP contribution >= 0.6 is 0 Å². The van der Waals surface area contributed by atoms with Gasteiger partial charge < -0.3 is 19.7 Å². The molecule has 0 bridgehead atoms. The lowest BCUT2D eigenvalue weighted by Gasteiger charge is -2.36. The third-order valence-electron chi connectivity index (χ3n) is 6.59. The molecule has 2 aliphatic rings. The zero-order valence-electron chi connectivity index (χ0n) is 20.4. The van der Waals surface area contributed by atoms with Gasteiger partial charge in [-0.1, -0.05) is 31.5 Å². The molecular formula is C27H30N6O3. The van der Waals surface area contributed by atoms with E-state index in [4.69, 9.17) is 19.4 Å². The van der Waals surface area contributed by atoms with Gasteiger partial charge in [0.2, 0.25) is 12.7 Å². The first-order chi connectivity index (χ1) is 17.7. The summed E-state index contributed by atoms with van der Waals surface area (Å²) >= 11 is 0. The third-order valence-corrected chi connectivity index (χ3v) is 6.59. The van der Waals surface area contributed by atoms with Gasteiger partial charge in [-0.2, -0.15) is 5.26 Å². The van der Waals surface area contributed by atoms with Crippen LogP contribution in [0.1, 0.15) is 36.9 Å². The lowest BCUT2D eigenvalue weighted by atomic mass is 10.0. The van der Waals surface area contributed by atoms with Gasteiger partial charge >= 0.3 is 0 Å². The number of para-hydroxylation sites is 2. The van der Waals surface area contributed by atoms with Crippen molar-refractivity contribution in [3.8, 4) is 17.6 Å². The van der Waals surface area contributed by atoms with Gasteiger partial charge in [0.25, 0.3) is 0 Å². The summed E-state index contributed by atoms with van der Waals surface area (Å²) < 4.78 is 10.9. The molecule has 0 unspecified atom stereocenters. The molecule has 2 aromatic carbocycles. The van der Waals surface area contributed by atoms with E-state index in [1.54, 1.807) is 0 Å². The normalized spacial score (nSPS) is 16.1. The first-order valence-electron chi connectivity index (χ1n) is 12.5. The Kier molecular flexibility index (Phi) is 7.14. The number of nitrogens with zero attached hydrogens (tertiary/aromatic N) is 5. The minimum atomic E-state index is -1.01. The van der Waals surface area contributed by atoms with Crippen molar-refractivity contribution in [1.82, 2.24) is 20.2 Å². The molecule has 1 saturated heterocycles. The summed E-state index contributed by atoms with van der Waals surface area (Å²) in [4.78, 5) is 27.1. The van der Waals surface area contributed by atoms with E-state index in [2.05, 4.69) is 34.2 Å². The number of hydrogen-bond acceptors (Lipinski definition) is 8. The molecule has 1 amide bonds. The van der Waals surface area contributed by atoms with Crippen LogP contribution in [0.3, 0.4) is 0 Å². The second-order valence-corrected chi connectivity index (χ2v) is 9.08. The molecular weight excluding hydrogens is 456 g/mol. The highest BCUT2D eigenvalue weighted by molar-refractivity contribution is 5.88. The second-order valence-electron chi connectivity index (χ2n) is 9.08. The Balaban J connectivity index is 1.34. The van der Waals surface area contributed by atoms with Crippen LogP contribution in [0.25, 0.3) is 11.0 Å². The Hall–Kier alpha value is -3.90. The van der Waals surface area contributed by atoms with Crippen molar-refractivity contribution in [2.24, 2.45) is 0 Å². The number of anilines is 1. The van der Waals surface area contributed by atoms with Gasteiger partial charge in [0, 0.05) is 39.3 Å². The quantitative estimate of drug-likeness (QED) is 0.484. The van der Waals surface area contributed by atoms with Crippen LogP contribution in [0.2, 0.25) is 0 Å². The highest BCUT2D eigenvalue weighted by atomic mass is 16.7. The summed E-state index contributed by atoms with van der Waals surface area (Å²) in [5, 5.41) is 12.8. The van der Waals surface area contributed by atoms with Crippen molar-refractivity contribution in [3.63, 3.8) is 0 Å². The molecule has 0 saturated carbocycles. The minimum Gasteiger partial charge on any atom is -0.454 e. The fourth-order valence-corrected chi connectivity index (χ4v) is 4.58. The van der Waals surface area contributed by atoms with E-state index in [0.717, 1.165) is 62.6 Å². The van der Waals surface area contributed by atoms with Crippen LogP contribution < -0.4 is 19.7 Å². The number of fused-ring (bicyclic) bond motifs is 2. The SMILES string of the molecule is CCCCNC(=O)[C@@H](C#N)c1nc2ccccc2nc1N1CCN(Cc2ccc3c(c2)OCO3)CC1. The van der Waals surface area contributed by atoms with E-state index < -0.39 is 5.92 Å². The lowest BCUT2D eigenvalue weighted by Crippen LogP contribution is -2.47. The molecule has 0 spiro atoms. The highest BCUT2D eigenvalue weighted by Crippen LogP contribution is 2.33. The average molecular weight is 487 g/mol. The highest BCUT2D eigenvalue weighted by Gasteiger charge is 2.30. The van der Waals surface area contributed by atoms with E-state index in [1.807, 2.05) is 36.4 Å². The van der Waals surface area contributed by atoms with E-state index in [0.29, 0.717) is 23.6 Å². The van der Waals surface area contributed by atoms with Crippen LogP contribution in [0.15, 0.2) is 42.5 Å². The number of carbonyl (C=O) groups is 1. The Labute approximate surface area is 210 Å². The van der Waals surface area contributed by atoms with E-state index >= 15 is 0 Å². The molecule has 5 rings (SSSR count). The van der Waals surface area contributed by atoms with Crippen LogP contribution in [0, 0.1) is 11.3 Å². The fraction of sp³-hybridized carbons (Fsp3) is 0.407. The van der Waals surface area contributed by atoms with E-state index in [1.165, 1.54) is 5.56 Å². The maximum atomic E-state index is 12.9. The van der Waals surface area contributed by atoms with E-state index in [9.17, 15) is 10.1 Å². The molecule has 1 N–H and O–H groups in total. The Morgan fingerprint density at radius 3 is 2.58 bits per heavy atom. The van der Waals surface area contributed by atoms with Gasteiger partial charge in [-0.25, -0.2) is 9.97 Å². The van der Waals surface area contributed by atoms with Crippen molar-refractivity contribution < 1.29 is 14.3 Å². The average Bonchev–Trinajstić information content (AvgIpc) is 3.37. The molecule has 9 heteroatoms. The van der Waals surface area contributed by atoms with Crippen LogP contribution in [-0.4, -0.2) is 60.3 Å². The second kappa shape index (κ2) is 10.8. The standard InChI is InChI=1S/C27H30N6O3/c1-2-3-10-29-27(34)20(16-28)25-26(31-22-7-5-4-6-21(22)30-25)33-13-11-32(12-14-33)17-19-8-9-23-24(15-19)36-18-35-23/h4-9,15,20H,2-3,10-14,17-18H2,1H3,(H,29,34)/t20-/m0/s1. The summed E-state index contributed by atoms with van der Waals surface area (Å²) in [5.74, 6) is 0.867. The predicted molar refractivity (Wildman–Crippen MR) is 136 cm³/mol. The predicted octanol–water partition coefficient (Wildman–Crippen LogP) is 3.20. The number of piperazine rings is 1. The Morgan fingerprint density at radius 1 is 1.08 bits per heavy atom. The number of ether oxygens (including phenoxy) is 2. The van der Waals surface area contributed by atoms with Crippen molar-refractivity contribution in [2.45, 2.75) is 32.2 Å². The first-order valence-corrected chi connectivity index (χ1v) is 12.5. The summed E-state index contributed by atoms with van der Waals surface area (Å²) in [6, 6.07) is 15.8. The molecule has 1 fully saturated rings. The smallest absolute Gasteiger partial charge is 0.243 e. The maximum absolute atomic E-state index is 12.9. The molecule has 1 aromatic heterocycles. The monoisotopic (exact) mass is 486 g/mol. The Bertz CT molecular complexity index is 1280. The summed E-state index contributed by atoms with van der Waals surface area (Å²) in [5.41, 5.74) is 3.03. The number of nitrogens with one attached hydrogen (secondary N) is 1. The number of benzene rings is 2. The molecule has 1 atom stereocenters. The van der Waals surface area contributed by atoms with E-state index in [-0.39, 0.29) is 12.7 Å². The van der Waals surface area contributed by atoms with Crippen molar-refractivity contribution >= 4 is 22.8 Å². The van der Waals surface area contributed by atoms with Gasteiger partial charge in [-0.05, 0) is 36.2 Å². The largest absolute Gasteiger partial charge is 0.454 e. The molecule has 2 aliphatic heterocycles. The summed E-state index contributed by atoms with van der Waals surface area (Å²) in [7, 11) is 0. The lowest BCUT2D eigenvalue weighted by molar-refractivity contribution is -0.121. The molecule has 0 aliphatic carbocycles. The van der Waals surface area contributed by atoms with Gasteiger partial charge in [0.05, 0.1) is 17.1 Å². The number of hydrogen-bond donors (Lipinski definition) is 1. The fourth-order valence-electron chi connectivity index (χ4n) is 4.58. The van der Waals surface area contributed by atoms with Gasteiger partial charge in [0.1, 0.15) is 5.69 Å². The van der Waals surface area contributed by atoms with Crippen molar-refractivity contribution in [1.29, 1.82) is 5.26 Å². The molecule has 3 heterocycles. The summed E-state index contributed by atoms with van der Waals surface area (Å²) in [6.45, 7) is 6.77. The summed E-state index contributed by atoms with van der Waals surface area (Å²) in [6.07, 6.45) is 1.83. The van der Waals surface area contributed by atoms with Crippen LogP contribution in [-0.2, 0) is 11.3 Å². The Morgan fingerprint density at radius 2 is 1.83 bits per heavy atom. The molecule has 186 valence electrons. The third kappa shape index (κ3) is 5.04. The molecule has 36 heavy (non-hydrogen) atoms. The van der Waals surface area contributed by atoms with Gasteiger partial charge in [0.15, 0.2) is 23.2 Å². The molecule has 9 nitrogen and oxygen atoms in total. The number of carbonyl (C=O) groups excluding carboxylic acids is 1. The van der Waals surface area contributed by atoms with Gasteiger partial charge in [-0.3, -0.25) is 9.69 Å². The minimum absolute atomic E-state index is 0.271. The molecule has 0 radical (unpaired) electrons. The number of aromatic nitrogens is 2. The zero-order valence-corrected chi connectivity index (χ0v) is 20.4. The van der Waals surface area contributed by atoms with Gasteiger partial charge in [-0.15, -0.1) is 0 Å². The zero-order chi connectivity index (χ0) is 24.9. The maximum Gasteiger partial charge on any atom is 0.243 e. The van der Waals surface area contributed by atoms with Crippen LogP contribution in [0.5, 0.6) is 11.5 Å².